The van der Waals surface area contributed by atoms with Crippen LogP contribution in [-0.4, -0.2) is 55.8 Å². The van der Waals surface area contributed by atoms with Gasteiger partial charge in [-0.15, -0.1) is 0 Å². The van der Waals surface area contributed by atoms with E-state index in [-0.39, 0.29) is 30.1 Å². The fourth-order valence-electron chi connectivity index (χ4n) is 4.71. The van der Waals surface area contributed by atoms with Crippen molar-refractivity contribution < 1.29 is 28.7 Å². The van der Waals surface area contributed by atoms with E-state index in [1.54, 1.807) is 11.8 Å². The number of para-hydroxylation sites is 1. The van der Waals surface area contributed by atoms with Crippen LogP contribution in [0.3, 0.4) is 0 Å². The number of likely N-dealkylation sites (tertiary alicyclic amines) is 1. The number of amides is 2. The Morgan fingerprint density at radius 2 is 2.07 bits per heavy atom. The first-order valence-electron chi connectivity index (χ1n) is 9.90. The highest BCUT2D eigenvalue weighted by Gasteiger charge is 2.58. The standard InChI is InChI=1S/C22H26N2O6/c1-4-18(26)14(15(12-29-2)20(27)30-3)11-19-22(9-10-24(19)13-25)16-7-5-6-8-17(16)23-21(22)28/h5-8,12-14,19H,4,9-11H2,1-3H3,(H,23,28)/b15-12+/t14-,19+,22-/m1/s1. The van der Waals surface area contributed by atoms with Crippen LogP contribution in [0.15, 0.2) is 36.1 Å². The highest BCUT2D eigenvalue weighted by atomic mass is 16.5. The largest absolute Gasteiger partial charge is 0.504 e. The highest BCUT2D eigenvalue weighted by molar-refractivity contribution is 6.07. The zero-order valence-corrected chi connectivity index (χ0v) is 17.3. The first-order chi connectivity index (χ1) is 14.4. The Kier molecular flexibility index (Phi) is 6.24. The van der Waals surface area contributed by atoms with Gasteiger partial charge in [0.1, 0.15) is 5.78 Å². The van der Waals surface area contributed by atoms with Gasteiger partial charge in [0.2, 0.25) is 12.3 Å². The summed E-state index contributed by atoms with van der Waals surface area (Å²) in [5.74, 6) is -1.94. The molecule has 1 N–H and O–H groups in total. The quantitative estimate of drug-likeness (QED) is 0.301. The minimum absolute atomic E-state index is 0.0754. The second-order valence-corrected chi connectivity index (χ2v) is 7.49. The van der Waals surface area contributed by atoms with Gasteiger partial charge in [0.25, 0.3) is 0 Å². The molecule has 1 aromatic rings. The molecule has 160 valence electrons. The smallest absolute Gasteiger partial charge is 0.337 e. The number of hydrogen-bond donors (Lipinski definition) is 1. The number of methoxy groups -OCH3 is 2. The van der Waals surface area contributed by atoms with Crippen LogP contribution in [-0.2, 0) is 34.1 Å². The topological polar surface area (TPSA) is 102 Å². The monoisotopic (exact) mass is 414 g/mol. The number of hydrogen-bond acceptors (Lipinski definition) is 6. The van der Waals surface area contributed by atoms with Crippen LogP contribution >= 0.6 is 0 Å². The lowest BCUT2D eigenvalue weighted by Gasteiger charge is -2.34. The second-order valence-electron chi connectivity index (χ2n) is 7.49. The highest BCUT2D eigenvalue weighted by Crippen LogP contribution is 2.49. The molecule has 0 aromatic heterocycles. The van der Waals surface area contributed by atoms with Crippen LogP contribution in [0.1, 0.15) is 31.7 Å². The number of esters is 1. The third-order valence-electron chi connectivity index (χ3n) is 6.17. The molecule has 30 heavy (non-hydrogen) atoms. The first kappa shape index (κ1) is 21.5. The van der Waals surface area contributed by atoms with Crippen molar-refractivity contribution in [3.8, 4) is 0 Å². The molecule has 0 aliphatic carbocycles. The third-order valence-corrected chi connectivity index (χ3v) is 6.17. The summed E-state index contributed by atoms with van der Waals surface area (Å²) in [5.41, 5.74) is 0.617. The van der Waals surface area contributed by atoms with E-state index in [0.717, 1.165) is 5.56 Å². The zero-order chi connectivity index (χ0) is 21.9. The Bertz CT molecular complexity index is 895. The number of carbonyl (C=O) groups excluding carboxylic acids is 4. The molecule has 1 fully saturated rings. The number of fused-ring (bicyclic) bond motifs is 2. The molecule has 8 nitrogen and oxygen atoms in total. The third kappa shape index (κ3) is 3.36. The number of nitrogens with zero attached hydrogens (tertiary/aromatic N) is 1. The summed E-state index contributed by atoms with van der Waals surface area (Å²) < 4.78 is 9.89. The van der Waals surface area contributed by atoms with Crippen molar-refractivity contribution in [3.05, 3.63) is 41.7 Å². The van der Waals surface area contributed by atoms with Crippen molar-refractivity contribution in [3.63, 3.8) is 0 Å². The van der Waals surface area contributed by atoms with Gasteiger partial charge in [-0.25, -0.2) is 4.79 Å². The Morgan fingerprint density at radius 3 is 2.70 bits per heavy atom. The molecule has 0 radical (unpaired) electrons. The number of ketones is 1. The molecule has 1 spiro atoms. The molecule has 2 aliphatic rings. The van der Waals surface area contributed by atoms with Crippen molar-refractivity contribution in [2.75, 3.05) is 26.1 Å². The average molecular weight is 414 g/mol. The number of carbonyl (C=O) groups is 4. The first-order valence-corrected chi connectivity index (χ1v) is 9.90. The van der Waals surface area contributed by atoms with Crippen LogP contribution in [0.5, 0.6) is 0 Å². The number of benzene rings is 1. The number of rotatable bonds is 8. The van der Waals surface area contributed by atoms with Gasteiger partial charge in [0, 0.05) is 18.7 Å². The molecule has 3 atom stereocenters. The summed E-state index contributed by atoms with van der Waals surface area (Å²) in [5, 5.41) is 2.91. The lowest BCUT2D eigenvalue weighted by atomic mass is 9.71. The summed E-state index contributed by atoms with van der Waals surface area (Å²) in [4.78, 5) is 51.8. The maximum absolute atomic E-state index is 13.2. The SMILES string of the molecule is CCC(=O)[C@H](C[C@@H]1N(C=O)CC[C@]12C(=O)Nc1ccccc12)/C(=C\OC)C(=O)OC. The summed E-state index contributed by atoms with van der Waals surface area (Å²) in [6.45, 7) is 2.08. The summed E-state index contributed by atoms with van der Waals surface area (Å²) in [7, 11) is 2.61. The number of nitrogens with one attached hydrogen (secondary N) is 1. The fraction of sp³-hybridized carbons (Fsp3) is 0.455. The molecule has 1 saturated heterocycles. The van der Waals surface area contributed by atoms with Gasteiger partial charge in [-0.05, 0) is 24.5 Å². The molecule has 3 rings (SSSR count). The predicted octanol–water partition coefficient (Wildman–Crippen LogP) is 1.80. The van der Waals surface area contributed by atoms with Crippen molar-refractivity contribution in [2.45, 2.75) is 37.6 Å². The van der Waals surface area contributed by atoms with Crippen molar-refractivity contribution >= 4 is 29.8 Å². The van der Waals surface area contributed by atoms with Gasteiger partial charge in [-0.3, -0.25) is 14.4 Å². The number of Topliss-reactive ketones (excluding diaryl/α,β-unsaturated/α-hetero) is 1. The van der Waals surface area contributed by atoms with Crippen molar-refractivity contribution in [2.24, 2.45) is 5.92 Å². The molecule has 0 bridgehead atoms. The molecule has 8 heteroatoms. The minimum atomic E-state index is -0.974. The van der Waals surface area contributed by atoms with E-state index in [1.165, 1.54) is 20.5 Å². The molecule has 1 aromatic carbocycles. The van der Waals surface area contributed by atoms with Gasteiger partial charge < -0.3 is 19.7 Å². The van der Waals surface area contributed by atoms with E-state index < -0.39 is 23.3 Å². The van der Waals surface area contributed by atoms with Gasteiger partial charge in [-0.2, -0.15) is 0 Å². The van der Waals surface area contributed by atoms with Crippen LogP contribution in [0.2, 0.25) is 0 Å². The Balaban J connectivity index is 2.08. The summed E-state index contributed by atoms with van der Waals surface area (Å²) >= 11 is 0. The van der Waals surface area contributed by atoms with Gasteiger partial charge in [0.05, 0.1) is 43.4 Å². The van der Waals surface area contributed by atoms with E-state index in [2.05, 4.69) is 5.32 Å². The minimum Gasteiger partial charge on any atom is -0.504 e. The molecule has 0 unspecified atom stereocenters. The van der Waals surface area contributed by atoms with Crippen LogP contribution in [0, 0.1) is 5.92 Å². The predicted molar refractivity (Wildman–Crippen MR) is 108 cm³/mol. The number of ether oxygens (including phenoxy) is 2. The van der Waals surface area contributed by atoms with Gasteiger partial charge in [0.15, 0.2) is 0 Å². The summed E-state index contributed by atoms with van der Waals surface area (Å²) in [6.07, 6.45) is 2.65. The fourth-order valence-corrected chi connectivity index (χ4v) is 4.71. The Hall–Kier alpha value is -3.16. The van der Waals surface area contributed by atoms with Gasteiger partial charge >= 0.3 is 5.97 Å². The van der Waals surface area contributed by atoms with E-state index >= 15 is 0 Å². The Labute approximate surface area is 175 Å². The molecule has 2 aliphatic heterocycles. The molecule has 2 heterocycles. The Morgan fingerprint density at radius 1 is 1.33 bits per heavy atom. The summed E-state index contributed by atoms with van der Waals surface area (Å²) in [6, 6.07) is 6.78. The molecular weight excluding hydrogens is 388 g/mol. The van der Waals surface area contributed by atoms with Crippen LogP contribution in [0.25, 0.3) is 0 Å². The van der Waals surface area contributed by atoms with Crippen LogP contribution < -0.4 is 5.32 Å². The van der Waals surface area contributed by atoms with E-state index in [9.17, 15) is 19.2 Å². The number of anilines is 1. The van der Waals surface area contributed by atoms with Crippen molar-refractivity contribution in [1.29, 1.82) is 0 Å². The van der Waals surface area contributed by atoms with Crippen LogP contribution in [0.4, 0.5) is 5.69 Å². The van der Waals surface area contributed by atoms with Gasteiger partial charge in [-0.1, -0.05) is 25.1 Å². The van der Waals surface area contributed by atoms with E-state index in [0.29, 0.717) is 25.1 Å². The van der Waals surface area contributed by atoms with E-state index in [1.807, 2.05) is 24.3 Å². The maximum Gasteiger partial charge on any atom is 0.337 e. The second kappa shape index (κ2) is 8.69. The molecule has 2 amide bonds. The van der Waals surface area contributed by atoms with E-state index in [4.69, 9.17) is 9.47 Å². The average Bonchev–Trinajstić information content (AvgIpc) is 3.27. The normalized spacial score (nSPS) is 23.7. The van der Waals surface area contributed by atoms with Crippen molar-refractivity contribution in [1.82, 2.24) is 4.90 Å². The lowest BCUT2D eigenvalue weighted by molar-refractivity contribution is -0.138. The zero-order valence-electron chi connectivity index (χ0n) is 17.3. The molecular formula is C22H26N2O6. The maximum atomic E-state index is 13.2. The molecule has 0 saturated carbocycles. The lowest BCUT2D eigenvalue weighted by Crippen LogP contribution is -2.48.